The fraction of sp³-hybridized carbons (Fsp3) is 0.250. The topological polar surface area (TPSA) is 128 Å². The highest BCUT2D eigenvalue weighted by molar-refractivity contribution is 7.21. The zero-order chi connectivity index (χ0) is 20.9. The number of rotatable bonds is 3. The number of benzene rings is 1. The summed E-state index contributed by atoms with van der Waals surface area (Å²) < 4.78 is 0. The van der Waals surface area contributed by atoms with Crippen molar-refractivity contribution in [1.29, 1.82) is 0 Å². The van der Waals surface area contributed by atoms with Gasteiger partial charge in [0.2, 0.25) is 0 Å². The molecule has 29 heavy (non-hydrogen) atoms. The fourth-order valence-corrected chi connectivity index (χ4v) is 4.51. The lowest BCUT2D eigenvalue weighted by Gasteiger charge is -2.29. The molecule has 2 aromatic heterocycles. The van der Waals surface area contributed by atoms with E-state index in [1.54, 1.807) is 6.07 Å². The number of thiophene rings is 1. The van der Waals surface area contributed by atoms with E-state index in [4.69, 9.17) is 5.73 Å². The van der Waals surface area contributed by atoms with Crippen LogP contribution in [-0.4, -0.2) is 21.6 Å². The molecule has 9 heteroatoms. The number of nitrogens with two attached hydrogens (primary N) is 1. The molecule has 148 valence electrons. The van der Waals surface area contributed by atoms with Crippen molar-refractivity contribution in [1.82, 2.24) is 4.98 Å². The summed E-state index contributed by atoms with van der Waals surface area (Å²) in [6.07, 6.45) is 1.14. The van der Waals surface area contributed by atoms with Gasteiger partial charge in [0.15, 0.2) is 5.78 Å². The van der Waals surface area contributed by atoms with Crippen LogP contribution in [0.3, 0.4) is 0 Å². The fourth-order valence-electron chi connectivity index (χ4n) is 3.52. The number of nitrogen functional groups attached to an aromatic ring is 1. The standard InChI is InChI=1S/C20H18N4O4S/c1-20(2)8-14-12(15(25)9-20)7-13-16(21)17(29-19(13)23-14)18(26)22-10-3-5-11(6-4-10)24(27)28/h3-7H,8-9,21H2,1-2H3,(H,22,26). The molecule has 2 heterocycles. The largest absolute Gasteiger partial charge is 0.397 e. The maximum absolute atomic E-state index is 12.7. The van der Waals surface area contributed by atoms with Crippen LogP contribution in [0.5, 0.6) is 0 Å². The molecule has 0 spiro atoms. The average molecular weight is 410 g/mol. The molecule has 0 saturated heterocycles. The number of nitrogens with one attached hydrogen (secondary N) is 1. The summed E-state index contributed by atoms with van der Waals surface area (Å²) >= 11 is 1.17. The zero-order valence-electron chi connectivity index (χ0n) is 15.8. The van der Waals surface area contributed by atoms with Gasteiger partial charge in [0.25, 0.3) is 11.6 Å². The average Bonchev–Trinajstić information content (AvgIpc) is 2.96. The lowest BCUT2D eigenvalue weighted by molar-refractivity contribution is -0.384. The Kier molecular flexibility index (Phi) is 4.34. The molecule has 1 aromatic carbocycles. The summed E-state index contributed by atoms with van der Waals surface area (Å²) in [4.78, 5) is 41.0. The van der Waals surface area contributed by atoms with Gasteiger partial charge in [0, 0.05) is 35.2 Å². The quantitative estimate of drug-likeness (QED) is 0.492. The molecular formula is C20H18N4O4S. The van der Waals surface area contributed by atoms with Crippen molar-refractivity contribution in [2.24, 2.45) is 5.41 Å². The van der Waals surface area contributed by atoms with Gasteiger partial charge in [-0.05, 0) is 30.0 Å². The maximum Gasteiger partial charge on any atom is 0.269 e. The molecule has 0 bridgehead atoms. The number of non-ortho nitro benzene ring substituents is 1. The van der Waals surface area contributed by atoms with E-state index in [9.17, 15) is 19.7 Å². The number of nitrogens with zero attached hydrogens (tertiary/aromatic N) is 2. The molecular weight excluding hydrogens is 392 g/mol. The second kappa shape index (κ2) is 6.63. The summed E-state index contributed by atoms with van der Waals surface area (Å²) in [7, 11) is 0. The van der Waals surface area contributed by atoms with Crippen molar-refractivity contribution in [3.63, 3.8) is 0 Å². The molecule has 0 saturated carbocycles. The Morgan fingerprint density at radius 2 is 1.97 bits per heavy atom. The first kappa shape index (κ1) is 19.0. The molecule has 1 aliphatic rings. The Morgan fingerprint density at radius 3 is 2.62 bits per heavy atom. The molecule has 4 rings (SSSR count). The van der Waals surface area contributed by atoms with Crippen LogP contribution in [0.4, 0.5) is 17.1 Å². The van der Waals surface area contributed by atoms with Gasteiger partial charge in [-0.1, -0.05) is 13.8 Å². The van der Waals surface area contributed by atoms with Crippen molar-refractivity contribution in [2.45, 2.75) is 26.7 Å². The number of carbonyl (C=O) groups is 2. The smallest absolute Gasteiger partial charge is 0.269 e. The Balaban J connectivity index is 1.67. The van der Waals surface area contributed by atoms with Gasteiger partial charge in [0.05, 0.1) is 16.3 Å². The summed E-state index contributed by atoms with van der Waals surface area (Å²) in [6.45, 7) is 4.07. The number of aromatic nitrogens is 1. The molecule has 8 nitrogen and oxygen atoms in total. The summed E-state index contributed by atoms with van der Waals surface area (Å²) in [5.41, 5.74) is 7.99. The van der Waals surface area contributed by atoms with Crippen LogP contribution in [-0.2, 0) is 6.42 Å². The van der Waals surface area contributed by atoms with Crippen molar-refractivity contribution in [3.8, 4) is 0 Å². The number of hydrogen-bond donors (Lipinski definition) is 2. The summed E-state index contributed by atoms with van der Waals surface area (Å²) in [5.74, 6) is -0.392. The highest BCUT2D eigenvalue weighted by Gasteiger charge is 2.33. The first-order chi connectivity index (χ1) is 13.6. The second-order valence-corrected chi connectivity index (χ2v) is 8.88. The number of carbonyl (C=O) groups excluding carboxylic acids is 2. The minimum atomic E-state index is -0.508. The van der Waals surface area contributed by atoms with E-state index in [-0.39, 0.29) is 22.6 Å². The van der Waals surface area contributed by atoms with Crippen LogP contribution >= 0.6 is 11.3 Å². The molecule has 1 amide bonds. The Labute approximate surface area is 169 Å². The predicted octanol–water partition coefficient (Wildman–Crippen LogP) is 4.19. The lowest BCUT2D eigenvalue weighted by Crippen LogP contribution is -2.27. The van der Waals surface area contributed by atoms with Crippen LogP contribution < -0.4 is 11.1 Å². The number of Topliss-reactive ketones (excluding diaryl/α,β-unsaturated/α-hetero) is 1. The summed E-state index contributed by atoms with van der Waals surface area (Å²) in [6, 6.07) is 7.28. The van der Waals surface area contributed by atoms with Crippen LogP contribution in [0.2, 0.25) is 0 Å². The number of nitro benzene ring substituents is 1. The number of pyridine rings is 1. The van der Waals surface area contributed by atoms with Gasteiger partial charge in [-0.15, -0.1) is 11.3 Å². The van der Waals surface area contributed by atoms with Gasteiger partial charge in [-0.2, -0.15) is 0 Å². The molecule has 0 atom stereocenters. The molecule has 0 fully saturated rings. The number of nitro groups is 1. The minimum absolute atomic E-state index is 0.0353. The van der Waals surface area contributed by atoms with E-state index in [1.165, 1.54) is 35.6 Å². The van der Waals surface area contributed by atoms with Crippen LogP contribution in [0.1, 0.15) is 46.0 Å². The van der Waals surface area contributed by atoms with Gasteiger partial charge in [-0.25, -0.2) is 4.98 Å². The van der Waals surface area contributed by atoms with Crippen LogP contribution in [0.15, 0.2) is 30.3 Å². The normalized spacial score (nSPS) is 15.2. The number of amides is 1. The Hall–Kier alpha value is -3.33. The predicted molar refractivity (Wildman–Crippen MR) is 112 cm³/mol. The van der Waals surface area contributed by atoms with Gasteiger partial charge in [-0.3, -0.25) is 19.7 Å². The third kappa shape index (κ3) is 3.44. The first-order valence-electron chi connectivity index (χ1n) is 8.95. The third-order valence-corrected chi connectivity index (χ3v) is 6.04. The van der Waals surface area contributed by atoms with E-state index >= 15 is 0 Å². The molecule has 0 unspecified atom stereocenters. The Bertz CT molecular complexity index is 1180. The van der Waals surface area contributed by atoms with Gasteiger partial charge < -0.3 is 11.1 Å². The van der Waals surface area contributed by atoms with Crippen LogP contribution in [0, 0.1) is 15.5 Å². The molecule has 3 N–H and O–H groups in total. The second-order valence-electron chi connectivity index (χ2n) is 7.88. The number of fused-ring (bicyclic) bond motifs is 2. The molecule has 1 aliphatic carbocycles. The number of ketones is 1. The summed E-state index contributed by atoms with van der Waals surface area (Å²) in [5, 5.41) is 14.0. The van der Waals surface area contributed by atoms with Crippen molar-refractivity contribution >= 4 is 50.3 Å². The van der Waals surface area contributed by atoms with Crippen molar-refractivity contribution in [2.75, 3.05) is 11.1 Å². The van der Waals surface area contributed by atoms with E-state index in [2.05, 4.69) is 10.3 Å². The highest BCUT2D eigenvalue weighted by Crippen LogP contribution is 2.39. The zero-order valence-corrected chi connectivity index (χ0v) is 16.6. The lowest BCUT2D eigenvalue weighted by atomic mass is 9.75. The van der Waals surface area contributed by atoms with E-state index in [1.807, 2.05) is 13.8 Å². The van der Waals surface area contributed by atoms with E-state index in [0.717, 1.165) is 5.69 Å². The maximum atomic E-state index is 12.7. The van der Waals surface area contributed by atoms with Crippen molar-refractivity contribution < 1.29 is 14.5 Å². The molecule has 0 aliphatic heterocycles. The first-order valence-corrected chi connectivity index (χ1v) is 9.77. The SMILES string of the molecule is CC1(C)CC(=O)c2cc3c(N)c(C(=O)Nc4ccc([N+](=O)[O-])cc4)sc3nc2C1. The number of hydrogen-bond acceptors (Lipinski definition) is 7. The van der Waals surface area contributed by atoms with Gasteiger partial charge >= 0.3 is 0 Å². The molecule has 0 radical (unpaired) electrons. The molecule has 3 aromatic rings. The van der Waals surface area contributed by atoms with Crippen LogP contribution in [0.25, 0.3) is 10.2 Å². The minimum Gasteiger partial charge on any atom is -0.397 e. The highest BCUT2D eigenvalue weighted by atomic mass is 32.1. The number of anilines is 2. The monoisotopic (exact) mass is 410 g/mol. The van der Waals surface area contributed by atoms with E-state index < -0.39 is 10.8 Å². The third-order valence-electron chi connectivity index (χ3n) is 4.93. The van der Waals surface area contributed by atoms with Crippen molar-refractivity contribution in [3.05, 3.63) is 56.6 Å². The Morgan fingerprint density at radius 1 is 1.28 bits per heavy atom. The van der Waals surface area contributed by atoms with E-state index in [0.29, 0.717) is 39.2 Å². The van der Waals surface area contributed by atoms with Gasteiger partial charge in [0.1, 0.15) is 9.71 Å².